The van der Waals surface area contributed by atoms with Gasteiger partial charge in [-0.2, -0.15) is 0 Å². The van der Waals surface area contributed by atoms with Crippen LogP contribution in [0.1, 0.15) is 25.3 Å². The van der Waals surface area contributed by atoms with Gasteiger partial charge in [-0.15, -0.1) is 0 Å². The van der Waals surface area contributed by atoms with Gasteiger partial charge in [-0.1, -0.05) is 12.1 Å². The van der Waals surface area contributed by atoms with Crippen LogP contribution in [0.2, 0.25) is 0 Å². The lowest BCUT2D eigenvalue weighted by Gasteiger charge is -2.27. The zero-order valence-corrected chi connectivity index (χ0v) is 12.7. The van der Waals surface area contributed by atoms with Crippen molar-refractivity contribution in [1.82, 2.24) is 10.2 Å². The highest BCUT2D eigenvalue weighted by Gasteiger charge is 2.24. The van der Waals surface area contributed by atoms with Crippen molar-refractivity contribution in [2.75, 3.05) is 32.9 Å². The summed E-state index contributed by atoms with van der Waals surface area (Å²) in [4.78, 5) is 14.0. The standard InChI is InChI=1S/C15H25N3O2/c1-11(12-6-5-7-13(16)8-12)14(19)17-9-15(2,20)10-18(3)4/h5-8,11,20H,9-10,16H2,1-4H3,(H,17,19). The van der Waals surface area contributed by atoms with Gasteiger partial charge < -0.3 is 21.1 Å². The lowest BCUT2D eigenvalue weighted by Crippen LogP contribution is -2.47. The number of hydrogen-bond donors (Lipinski definition) is 3. The minimum Gasteiger partial charge on any atom is -0.399 e. The third-order valence-corrected chi connectivity index (χ3v) is 3.10. The number of nitrogens with zero attached hydrogens (tertiary/aromatic N) is 1. The van der Waals surface area contributed by atoms with Gasteiger partial charge in [0.1, 0.15) is 0 Å². The molecule has 0 saturated heterocycles. The van der Waals surface area contributed by atoms with Crippen LogP contribution in [-0.4, -0.2) is 48.7 Å². The monoisotopic (exact) mass is 279 g/mol. The van der Waals surface area contributed by atoms with Crippen molar-refractivity contribution in [3.63, 3.8) is 0 Å². The number of aliphatic hydroxyl groups is 1. The fourth-order valence-corrected chi connectivity index (χ4v) is 2.15. The van der Waals surface area contributed by atoms with Crippen LogP contribution in [0.5, 0.6) is 0 Å². The highest BCUT2D eigenvalue weighted by molar-refractivity contribution is 5.83. The Morgan fingerprint density at radius 3 is 2.70 bits per heavy atom. The quantitative estimate of drug-likeness (QED) is 0.673. The highest BCUT2D eigenvalue weighted by atomic mass is 16.3. The minimum atomic E-state index is -0.950. The third-order valence-electron chi connectivity index (χ3n) is 3.10. The molecule has 0 bridgehead atoms. The van der Waals surface area contributed by atoms with Gasteiger partial charge in [0, 0.05) is 18.8 Å². The Morgan fingerprint density at radius 1 is 1.50 bits per heavy atom. The van der Waals surface area contributed by atoms with E-state index in [2.05, 4.69) is 5.32 Å². The number of rotatable bonds is 6. The van der Waals surface area contributed by atoms with E-state index in [9.17, 15) is 9.90 Å². The van der Waals surface area contributed by atoms with Crippen molar-refractivity contribution in [3.8, 4) is 0 Å². The molecule has 0 radical (unpaired) electrons. The molecule has 1 aromatic carbocycles. The van der Waals surface area contributed by atoms with E-state index in [1.165, 1.54) is 0 Å². The maximum Gasteiger partial charge on any atom is 0.227 e. The van der Waals surface area contributed by atoms with Gasteiger partial charge in [0.15, 0.2) is 0 Å². The van der Waals surface area contributed by atoms with Gasteiger partial charge in [-0.05, 0) is 45.6 Å². The fraction of sp³-hybridized carbons (Fsp3) is 0.533. The van der Waals surface area contributed by atoms with E-state index in [0.29, 0.717) is 12.2 Å². The van der Waals surface area contributed by atoms with Crippen molar-refractivity contribution >= 4 is 11.6 Å². The molecule has 20 heavy (non-hydrogen) atoms. The molecule has 1 aromatic rings. The summed E-state index contributed by atoms with van der Waals surface area (Å²) >= 11 is 0. The first kappa shape index (κ1) is 16.5. The van der Waals surface area contributed by atoms with E-state index in [1.807, 2.05) is 38.1 Å². The summed E-state index contributed by atoms with van der Waals surface area (Å²) in [5, 5.41) is 12.9. The average molecular weight is 279 g/mol. The van der Waals surface area contributed by atoms with Crippen LogP contribution in [0.3, 0.4) is 0 Å². The van der Waals surface area contributed by atoms with Gasteiger partial charge in [-0.25, -0.2) is 0 Å². The normalized spacial score (nSPS) is 15.7. The molecule has 1 rings (SSSR count). The number of nitrogens with two attached hydrogens (primary N) is 1. The van der Waals surface area contributed by atoms with Crippen molar-refractivity contribution in [2.24, 2.45) is 0 Å². The SMILES string of the molecule is CC(C(=O)NCC(C)(O)CN(C)C)c1cccc(N)c1. The molecule has 2 unspecified atom stereocenters. The van der Waals surface area contributed by atoms with Crippen molar-refractivity contribution in [2.45, 2.75) is 25.4 Å². The Morgan fingerprint density at radius 2 is 2.15 bits per heavy atom. The Kier molecular flexibility index (Phi) is 5.53. The lowest BCUT2D eigenvalue weighted by atomic mass is 9.99. The molecule has 112 valence electrons. The number of likely N-dealkylation sites (N-methyl/N-ethyl adjacent to an activating group) is 1. The number of benzene rings is 1. The number of hydrogen-bond acceptors (Lipinski definition) is 4. The molecule has 2 atom stereocenters. The second-order valence-corrected chi connectivity index (χ2v) is 5.84. The maximum absolute atomic E-state index is 12.1. The summed E-state index contributed by atoms with van der Waals surface area (Å²) in [6, 6.07) is 7.29. The first-order valence-corrected chi connectivity index (χ1v) is 6.71. The molecule has 4 N–H and O–H groups in total. The smallest absolute Gasteiger partial charge is 0.227 e. The predicted octanol–water partition coefficient (Wildman–Crippen LogP) is 0.801. The molecule has 5 heteroatoms. The van der Waals surface area contributed by atoms with Crippen LogP contribution >= 0.6 is 0 Å². The van der Waals surface area contributed by atoms with Gasteiger partial charge in [0.05, 0.1) is 11.5 Å². The highest BCUT2D eigenvalue weighted by Crippen LogP contribution is 2.18. The number of anilines is 1. The zero-order valence-electron chi connectivity index (χ0n) is 12.7. The summed E-state index contributed by atoms with van der Waals surface area (Å²) < 4.78 is 0. The number of nitrogens with one attached hydrogen (secondary N) is 1. The summed E-state index contributed by atoms with van der Waals surface area (Å²) in [7, 11) is 3.76. The molecular weight excluding hydrogens is 254 g/mol. The van der Waals surface area contributed by atoms with Crippen LogP contribution in [0, 0.1) is 0 Å². The van der Waals surface area contributed by atoms with Gasteiger partial charge >= 0.3 is 0 Å². The largest absolute Gasteiger partial charge is 0.399 e. The second kappa shape index (κ2) is 6.72. The molecular formula is C15H25N3O2. The second-order valence-electron chi connectivity index (χ2n) is 5.84. The molecule has 0 heterocycles. The van der Waals surface area contributed by atoms with Crippen LogP contribution in [-0.2, 0) is 4.79 Å². The molecule has 0 aromatic heterocycles. The van der Waals surface area contributed by atoms with E-state index in [-0.39, 0.29) is 18.4 Å². The van der Waals surface area contributed by atoms with Gasteiger partial charge in [-0.3, -0.25) is 4.79 Å². The molecule has 0 spiro atoms. The molecule has 0 saturated carbocycles. The summed E-state index contributed by atoms with van der Waals surface area (Å²) in [5.74, 6) is -0.414. The molecule has 0 aliphatic heterocycles. The van der Waals surface area contributed by atoms with Crippen LogP contribution < -0.4 is 11.1 Å². The van der Waals surface area contributed by atoms with Crippen LogP contribution in [0.15, 0.2) is 24.3 Å². The van der Waals surface area contributed by atoms with E-state index in [0.717, 1.165) is 5.56 Å². The number of carbonyl (C=O) groups is 1. The Labute approximate surface area is 120 Å². The van der Waals surface area contributed by atoms with Crippen LogP contribution in [0.4, 0.5) is 5.69 Å². The fourth-order valence-electron chi connectivity index (χ4n) is 2.15. The third kappa shape index (κ3) is 5.19. The van der Waals surface area contributed by atoms with Gasteiger partial charge in [0.2, 0.25) is 5.91 Å². The lowest BCUT2D eigenvalue weighted by molar-refractivity contribution is -0.123. The maximum atomic E-state index is 12.1. The van der Waals surface area contributed by atoms with Crippen molar-refractivity contribution in [1.29, 1.82) is 0 Å². The first-order chi connectivity index (χ1) is 9.21. The molecule has 0 fully saturated rings. The predicted molar refractivity (Wildman–Crippen MR) is 81.5 cm³/mol. The minimum absolute atomic E-state index is 0.116. The number of nitrogen functional groups attached to an aromatic ring is 1. The average Bonchev–Trinajstić information content (AvgIpc) is 2.33. The topological polar surface area (TPSA) is 78.6 Å². The summed E-state index contributed by atoms with van der Waals surface area (Å²) in [5.41, 5.74) is 6.28. The summed E-state index contributed by atoms with van der Waals surface area (Å²) in [6.45, 7) is 4.24. The zero-order chi connectivity index (χ0) is 15.3. The van der Waals surface area contributed by atoms with E-state index >= 15 is 0 Å². The van der Waals surface area contributed by atoms with E-state index < -0.39 is 5.60 Å². The first-order valence-electron chi connectivity index (χ1n) is 6.71. The Bertz CT molecular complexity index is 458. The molecule has 1 amide bonds. The molecule has 0 aliphatic rings. The summed E-state index contributed by atoms with van der Waals surface area (Å²) in [6.07, 6.45) is 0. The van der Waals surface area contributed by atoms with Gasteiger partial charge in [0.25, 0.3) is 0 Å². The molecule has 0 aliphatic carbocycles. The van der Waals surface area contributed by atoms with E-state index in [4.69, 9.17) is 5.73 Å². The van der Waals surface area contributed by atoms with E-state index in [1.54, 1.807) is 19.1 Å². The van der Waals surface area contributed by atoms with Crippen molar-refractivity contribution < 1.29 is 9.90 Å². The number of carbonyl (C=O) groups excluding carboxylic acids is 1. The Balaban J connectivity index is 2.58. The Hall–Kier alpha value is -1.59. The van der Waals surface area contributed by atoms with Crippen LogP contribution in [0.25, 0.3) is 0 Å². The van der Waals surface area contributed by atoms with Crippen molar-refractivity contribution in [3.05, 3.63) is 29.8 Å². The molecule has 5 nitrogen and oxygen atoms in total. The number of amides is 1.